The van der Waals surface area contributed by atoms with Crippen LogP contribution in [0.25, 0.3) is 0 Å². The van der Waals surface area contributed by atoms with Gasteiger partial charge in [0.15, 0.2) is 0 Å². The Morgan fingerprint density at radius 1 is 1.11 bits per heavy atom. The Balaban J connectivity index is 1.93. The van der Waals surface area contributed by atoms with E-state index in [1.165, 1.54) is 23.5 Å². The Labute approximate surface area is 165 Å². The lowest BCUT2D eigenvalue weighted by atomic mass is 9.99. The van der Waals surface area contributed by atoms with Gasteiger partial charge in [-0.05, 0) is 23.8 Å². The summed E-state index contributed by atoms with van der Waals surface area (Å²) in [7, 11) is 0. The Kier molecular flexibility index (Phi) is 5.48. The minimum atomic E-state index is -0.636. The number of rotatable bonds is 5. The number of anilines is 1. The smallest absolute Gasteiger partial charge is 0.260 e. The highest BCUT2D eigenvalue weighted by molar-refractivity contribution is 7.16. The normalized spacial score (nSPS) is 11.8. The molecule has 0 fully saturated rings. The Hall–Kier alpha value is -2.83. The fraction of sp³-hybridized carbons (Fsp3) is 0.100. The summed E-state index contributed by atoms with van der Waals surface area (Å²) in [5.41, 5.74) is 6.81. The zero-order chi connectivity index (χ0) is 19.6. The summed E-state index contributed by atoms with van der Waals surface area (Å²) >= 11 is 7.13. The van der Waals surface area contributed by atoms with Gasteiger partial charge in [0.1, 0.15) is 10.8 Å². The third-order valence-corrected chi connectivity index (χ3v) is 5.74. The quantitative estimate of drug-likeness (QED) is 0.583. The second kappa shape index (κ2) is 7.82. The fourth-order valence-corrected chi connectivity index (χ4v) is 3.99. The topological polar surface area (TPSA) is 92.4 Å². The molecule has 1 atom stereocenters. The van der Waals surface area contributed by atoms with Crippen LogP contribution in [-0.4, -0.2) is 16.9 Å². The van der Waals surface area contributed by atoms with Gasteiger partial charge < -0.3 is 16.2 Å². The number of benzene rings is 2. The zero-order valence-corrected chi connectivity index (χ0v) is 16.0. The highest BCUT2D eigenvalue weighted by atomic mass is 35.5. The molecule has 0 aliphatic heterocycles. The molecular formula is C20H17ClN2O3S. The Morgan fingerprint density at radius 3 is 2.48 bits per heavy atom. The van der Waals surface area contributed by atoms with Crippen LogP contribution in [0.5, 0.6) is 5.75 Å². The molecule has 0 radical (unpaired) electrons. The van der Waals surface area contributed by atoms with Gasteiger partial charge in [-0.25, -0.2) is 0 Å². The summed E-state index contributed by atoms with van der Waals surface area (Å²) in [6.45, 7) is 2.01. The zero-order valence-electron chi connectivity index (χ0n) is 14.4. The molecule has 1 heterocycles. The molecule has 3 rings (SSSR count). The molecule has 0 spiro atoms. The number of thiophene rings is 1. The number of para-hydroxylation sites is 1. The second-order valence-corrected chi connectivity index (χ2v) is 7.47. The number of hydrogen-bond donors (Lipinski definition) is 3. The molecule has 4 N–H and O–H groups in total. The van der Waals surface area contributed by atoms with E-state index in [-0.39, 0.29) is 27.8 Å². The predicted octanol–water partition coefficient (Wildman–Crippen LogP) is 4.61. The maximum atomic E-state index is 12.5. The molecule has 0 saturated heterocycles. The summed E-state index contributed by atoms with van der Waals surface area (Å²) in [4.78, 5) is 25.3. The van der Waals surface area contributed by atoms with Crippen molar-refractivity contribution in [1.82, 2.24) is 0 Å². The first kappa shape index (κ1) is 18.9. The van der Waals surface area contributed by atoms with Crippen molar-refractivity contribution in [3.05, 3.63) is 81.2 Å². The molecule has 138 valence electrons. The molecule has 0 aliphatic rings. The van der Waals surface area contributed by atoms with Crippen LogP contribution in [0.3, 0.4) is 0 Å². The average molecular weight is 401 g/mol. The van der Waals surface area contributed by atoms with Gasteiger partial charge in [0, 0.05) is 10.8 Å². The molecule has 2 aromatic carbocycles. The van der Waals surface area contributed by atoms with Crippen LogP contribution in [0.15, 0.2) is 54.6 Å². The van der Waals surface area contributed by atoms with Gasteiger partial charge in [-0.2, -0.15) is 0 Å². The van der Waals surface area contributed by atoms with Crippen molar-refractivity contribution in [3.63, 3.8) is 0 Å². The maximum absolute atomic E-state index is 12.5. The molecule has 7 heteroatoms. The maximum Gasteiger partial charge on any atom is 0.260 e. The van der Waals surface area contributed by atoms with Gasteiger partial charge in [-0.3, -0.25) is 9.59 Å². The number of primary amides is 1. The van der Waals surface area contributed by atoms with Crippen molar-refractivity contribution < 1.29 is 14.7 Å². The first-order valence-electron chi connectivity index (χ1n) is 8.15. The fourth-order valence-electron chi connectivity index (χ4n) is 2.67. The molecule has 27 heavy (non-hydrogen) atoms. The van der Waals surface area contributed by atoms with E-state index in [9.17, 15) is 14.7 Å². The number of hydrogen-bond acceptors (Lipinski definition) is 4. The molecule has 5 nitrogen and oxygen atoms in total. The van der Waals surface area contributed by atoms with Crippen molar-refractivity contribution in [2.45, 2.75) is 12.8 Å². The van der Waals surface area contributed by atoms with Crippen LogP contribution in [0, 0.1) is 0 Å². The predicted molar refractivity (Wildman–Crippen MR) is 108 cm³/mol. The molecule has 0 saturated carbocycles. The summed E-state index contributed by atoms with van der Waals surface area (Å²) in [6.07, 6.45) is 0. The number of phenols is 1. The van der Waals surface area contributed by atoms with E-state index in [4.69, 9.17) is 17.3 Å². The summed E-state index contributed by atoms with van der Waals surface area (Å²) < 4.78 is 0. The molecular weight excluding hydrogens is 384 g/mol. The summed E-state index contributed by atoms with van der Waals surface area (Å²) in [5, 5.41) is 13.1. The molecule has 0 aliphatic carbocycles. The standard InChI is InChI=1S/C20H17ClN2O3S/c1-11(12-6-3-2-4-7-12)16-10-14(18(22)25)20(27-16)23-19(26)13-8-5-9-15(21)17(13)24/h2-11,24H,1H3,(H2,22,25)(H,23,26). The SMILES string of the molecule is CC(c1ccccc1)c1cc(C(N)=O)c(NC(=O)c2cccc(Cl)c2O)s1. The Bertz CT molecular complexity index is 1000. The Morgan fingerprint density at radius 2 is 1.81 bits per heavy atom. The number of halogens is 1. The van der Waals surface area contributed by atoms with E-state index in [0.29, 0.717) is 5.00 Å². The number of carbonyl (C=O) groups excluding carboxylic acids is 2. The number of nitrogens with one attached hydrogen (secondary N) is 1. The lowest BCUT2D eigenvalue weighted by molar-refractivity contribution is 0.100. The highest BCUT2D eigenvalue weighted by Gasteiger charge is 2.21. The van der Waals surface area contributed by atoms with Crippen LogP contribution in [0.1, 0.15) is 44.0 Å². The van der Waals surface area contributed by atoms with Crippen molar-refractivity contribution >= 4 is 39.8 Å². The van der Waals surface area contributed by atoms with Crippen LogP contribution >= 0.6 is 22.9 Å². The molecule has 3 aromatic rings. The second-order valence-electron chi connectivity index (χ2n) is 5.98. The lowest BCUT2D eigenvalue weighted by Crippen LogP contribution is -2.16. The van der Waals surface area contributed by atoms with E-state index in [0.717, 1.165) is 10.4 Å². The summed E-state index contributed by atoms with van der Waals surface area (Å²) in [6, 6.07) is 16.0. The van der Waals surface area contributed by atoms with Gasteiger partial charge in [-0.1, -0.05) is 54.9 Å². The number of phenolic OH excluding ortho intramolecular Hbond substituents is 1. The van der Waals surface area contributed by atoms with Crippen LogP contribution in [-0.2, 0) is 0 Å². The number of amides is 2. The number of carbonyl (C=O) groups is 2. The van der Waals surface area contributed by atoms with Gasteiger partial charge in [-0.15, -0.1) is 11.3 Å². The van der Waals surface area contributed by atoms with Gasteiger partial charge in [0.2, 0.25) is 0 Å². The minimum absolute atomic E-state index is 0.0176. The average Bonchev–Trinajstić information content (AvgIpc) is 3.08. The largest absolute Gasteiger partial charge is 0.506 e. The van der Waals surface area contributed by atoms with Gasteiger partial charge in [0.25, 0.3) is 11.8 Å². The number of nitrogens with two attached hydrogens (primary N) is 1. The molecule has 1 aromatic heterocycles. The van der Waals surface area contributed by atoms with E-state index in [2.05, 4.69) is 5.32 Å². The number of aromatic hydroxyl groups is 1. The van der Waals surface area contributed by atoms with Gasteiger partial charge >= 0.3 is 0 Å². The molecule has 2 amide bonds. The highest BCUT2D eigenvalue weighted by Crippen LogP contribution is 2.36. The van der Waals surface area contributed by atoms with E-state index in [1.807, 2.05) is 37.3 Å². The van der Waals surface area contributed by atoms with Crippen LogP contribution in [0.4, 0.5) is 5.00 Å². The van der Waals surface area contributed by atoms with Gasteiger partial charge in [0.05, 0.1) is 16.1 Å². The monoisotopic (exact) mass is 400 g/mol. The van der Waals surface area contributed by atoms with E-state index >= 15 is 0 Å². The summed E-state index contributed by atoms with van der Waals surface area (Å²) in [5.74, 6) is -1.49. The van der Waals surface area contributed by atoms with Crippen LogP contribution < -0.4 is 11.1 Å². The molecule has 0 bridgehead atoms. The van der Waals surface area contributed by atoms with Crippen molar-refractivity contribution in [1.29, 1.82) is 0 Å². The van der Waals surface area contributed by atoms with Crippen LogP contribution in [0.2, 0.25) is 5.02 Å². The third-order valence-electron chi connectivity index (χ3n) is 4.20. The first-order chi connectivity index (χ1) is 12.9. The first-order valence-corrected chi connectivity index (χ1v) is 9.35. The third kappa shape index (κ3) is 3.97. The van der Waals surface area contributed by atoms with Crippen molar-refractivity contribution in [2.75, 3.05) is 5.32 Å². The minimum Gasteiger partial charge on any atom is -0.506 e. The van der Waals surface area contributed by atoms with E-state index < -0.39 is 11.8 Å². The van der Waals surface area contributed by atoms with Crippen molar-refractivity contribution in [3.8, 4) is 5.75 Å². The molecule has 1 unspecified atom stereocenters. The van der Waals surface area contributed by atoms with Crippen molar-refractivity contribution in [2.24, 2.45) is 5.73 Å². The van der Waals surface area contributed by atoms with E-state index in [1.54, 1.807) is 12.1 Å². The lowest BCUT2D eigenvalue weighted by Gasteiger charge is -2.09.